The summed E-state index contributed by atoms with van der Waals surface area (Å²) in [6.07, 6.45) is 1.61. The second-order valence-electron chi connectivity index (χ2n) is 5.77. The van der Waals surface area contributed by atoms with Crippen LogP contribution in [0.2, 0.25) is 5.02 Å². The molecule has 0 bridgehead atoms. The largest absolute Gasteiger partial charge is 0.467 e. The molecule has 2 aromatic rings. The number of nitrogens with zero attached hydrogens (tertiary/aromatic N) is 1. The molecule has 1 aromatic heterocycles. The van der Waals surface area contributed by atoms with Crippen molar-refractivity contribution in [3.63, 3.8) is 0 Å². The van der Waals surface area contributed by atoms with Gasteiger partial charge in [-0.05, 0) is 30.3 Å². The van der Waals surface area contributed by atoms with E-state index in [4.69, 9.17) is 16.0 Å². The Balaban J connectivity index is 1.60. The number of carbonyl (C=O) groups is 2. The minimum absolute atomic E-state index is 0.0509. The second-order valence-corrected chi connectivity index (χ2v) is 6.17. The van der Waals surface area contributed by atoms with Gasteiger partial charge in [-0.15, -0.1) is 0 Å². The molecule has 0 radical (unpaired) electrons. The normalized spacial score (nSPS) is 17.0. The van der Waals surface area contributed by atoms with Gasteiger partial charge < -0.3 is 19.4 Å². The van der Waals surface area contributed by atoms with Crippen LogP contribution in [0.25, 0.3) is 0 Å². The Morgan fingerprint density at radius 1 is 1.42 bits per heavy atom. The molecule has 2 amide bonds. The van der Waals surface area contributed by atoms with Crippen molar-refractivity contribution < 1.29 is 27.5 Å². The van der Waals surface area contributed by atoms with Crippen LogP contribution in [0.3, 0.4) is 0 Å². The molecular formula is C17H15ClF2N2O4. The average molecular weight is 385 g/mol. The predicted molar refractivity (Wildman–Crippen MR) is 88.9 cm³/mol. The van der Waals surface area contributed by atoms with Crippen molar-refractivity contribution in [2.45, 2.75) is 19.6 Å². The summed E-state index contributed by atoms with van der Waals surface area (Å²) in [6.45, 7) is -2.41. The van der Waals surface area contributed by atoms with Gasteiger partial charge in [0.05, 0.1) is 23.7 Å². The summed E-state index contributed by atoms with van der Waals surface area (Å²) in [5, 5.41) is 2.59. The fourth-order valence-electron chi connectivity index (χ4n) is 2.71. The second kappa shape index (κ2) is 7.74. The summed E-state index contributed by atoms with van der Waals surface area (Å²) >= 11 is 5.86. The Morgan fingerprint density at radius 3 is 2.88 bits per heavy atom. The number of anilines is 1. The topological polar surface area (TPSA) is 71.8 Å². The first kappa shape index (κ1) is 18.2. The number of amides is 2. The van der Waals surface area contributed by atoms with E-state index in [0.29, 0.717) is 18.0 Å². The van der Waals surface area contributed by atoms with Gasteiger partial charge in [0.2, 0.25) is 11.8 Å². The fraction of sp³-hybridized carbons (Fsp3) is 0.294. The van der Waals surface area contributed by atoms with Crippen LogP contribution < -0.4 is 10.1 Å². The molecule has 1 aliphatic heterocycles. The highest BCUT2D eigenvalue weighted by Crippen LogP contribution is 2.29. The third-order valence-electron chi connectivity index (χ3n) is 3.93. The molecule has 26 heavy (non-hydrogen) atoms. The number of hydrogen-bond donors (Lipinski definition) is 1. The molecule has 6 nitrogen and oxygen atoms in total. The van der Waals surface area contributed by atoms with Crippen LogP contribution in [0.1, 0.15) is 12.2 Å². The summed E-state index contributed by atoms with van der Waals surface area (Å²) in [5.41, 5.74) is 0.332. The van der Waals surface area contributed by atoms with Gasteiger partial charge in [-0.25, -0.2) is 0 Å². The summed E-state index contributed by atoms with van der Waals surface area (Å²) in [4.78, 5) is 26.0. The molecule has 1 unspecified atom stereocenters. The number of carbonyl (C=O) groups excluding carboxylic acids is 2. The SMILES string of the molecule is O=C(Nc1ccc(OC(F)F)c(Cl)c1)C1CC(=O)N(Cc2ccco2)C1. The third kappa shape index (κ3) is 4.32. The summed E-state index contributed by atoms with van der Waals surface area (Å²) in [7, 11) is 0. The standard InChI is InChI=1S/C17H15ClF2N2O4/c18-13-7-11(3-4-14(13)26-17(19)20)21-16(24)10-6-15(23)22(8-10)9-12-2-1-5-25-12/h1-5,7,10,17H,6,8-9H2,(H,21,24). The van der Waals surface area contributed by atoms with E-state index in [1.54, 1.807) is 17.0 Å². The zero-order valence-electron chi connectivity index (χ0n) is 13.5. The minimum atomic E-state index is -2.99. The first-order valence-electron chi connectivity index (χ1n) is 7.78. The van der Waals surface area contributed by atoms with E-state index >= 15 is 0 Å². The maximum atomic E-state index is 12.4. The lowest BCUT2D eigenvalue weighted by atomic mass is 10.1. The van der Waals surface area contributed by atoms with Gasteiger partial charge in [0.1, 0.15) is 11.5 Å². The van der Waals surface area contributed by atoms with Gasteiger partial charge in [-0.1, -0.05) is 11.6 Å². The molecule has 2 heterocycles. The number of nitrogens with one attached hydrogen (secondary N) is 1. The van der Waals surface area contributed by atoms with Crippen molar-refractivity contribution in [3.05, 3.63) is 47.4 Å². The number of alkyl halides is 2. The van der Waals surface area contributed by atoms with E-state index < -0.39 is 12.5 Å². The van der Waals surface area contributed by atoms with Crippen molar-refractivity contribution in [2.24, 2.45) is 5.92 Å². The van der Waals surface area contributed by atoms with Gasteiger partial charge in [0.15, 0.2) is 0 Å². The van der Waals surface area contributed by atoms with Crippen molar-refractivity contribution in [1.29, 1.82) is 0 Å². The molecule has 1 aromatic carbocycles. The average Bonchev–Trinajstić information content (AvgIpc) is 3.20. The van der Waals surface area contributed by atoms with Crippen molar-refractivity contribution in [2.75, 3.05) is 11.9 Å². The Labute approximate surface area is 152 Å². The van der Waals surface area contributed by atoms with E-state index in [1.165, 1.54) is 24.5 Å². The number of hydrogen-bond acceptors (Lipinski definition) is 4. The van der Waals surface area contributed by atoms with E-state index in [-0.39, 0.29) is 35.6 Å². The van der Waals surface area contributed by atoms with Gasteiger partial charge in [-0.3, -0.25) is 9.59 Å². The van der Waals surface area contributed by atoms with Crippen molar-refractivity contribution in [3.8, 4) is 5.75 Å². The number of likely N-dealkylation sites (tertiary alicyclic amines) is 1. The molecule has 1 fully saturated rings. The Bertz CT molecular complexity index is 798. The Morgan fingerprint density at radius 2 is 2.23 bits per heavy atom. The Kier molecular flexibility index (Phi) is 5.41. The lowest BCUT2D eigenvalue weighted by molar-refractivity contribution is -0.128. The molecule has 9 heteroatoms. The summed E-state index contributed by atoms with van der Waals surface area (Å²) in [5.74, 6) is -0.548. The predicted octanol–water partition coefficient (Wildman–Crippen LogP) is 3.52. The molecule has 0 aliphatic carbocycles. The smallest absolute Gasteiger partial charge is 0.387 e. The van der Waals surface area contributed by atoms with Crippen molar-refractivity contribution >= 4 is 29.1 Å². The minimum Gasteiger partial charge on any atom is -0.467 e. The first-order valence-corrected chi connectivity index (χ1v) is 8.15. The molecule has 1 N–H and O–H groups in total. The van der Waals surface area contributed by atoms with Gasteiger partial charge in [-0.2, -0.15) is 8.78 Å². The van der Waals surface area contributed by atoms with Crippen LogP contribution in [-0.2, 0) is 16.1 Å². The summed E-state index contributed by atoms with van der Waals surface area (Å²) in [6, 6.07) is 7.44. The maximum absolute atomic E-state index is 12.4. The number of rotatable bonds is 6. The van der Waals surface area contributed by atoms with Crippen LogP contribution in [0.5, 0.6) is 5.75 Å². The lowest BCUT2D eigenvalue weighted by Crippen LogP contribution is -2.27. The highest BCUT2D eigenvalue weighted by Gasteiger charge is 2.34. The van der Waals surface area contributed by atoms with E-state index in [9.17, 15) is 18.4 Å². The van der Waals surface area contributed by atoms with E-state index in [0.717, 1.165) is 0 Å². The zero-order valence-corrected chi connectivity index (χ0v) is 14.2. The zero-order chi connectivity index (χ0) is 18.7. The lowest BCUT2D eigenvalue weighted by Gasteiger charge is -2.15. The number of benzene rings is 1. The fourth-order valence-corrected chi connectivity index (χ4v) is 2.93. The highest BCUT2D eigenvalue weighted by molar-refractivity contribution is 6.32. The first-order chi connectivity index (χ1) is 12.4. The molecule has 1 atom stereocenters. The maximum Gasteiger partial charge on any atom is 0.387 e. The van der Waals surface area contributed by atoms with Crippen LogP contribution in [-0.4, -0.2) is 29.9 Å². The van der Waals surface area contributed by atoms with Crippen LogP contribution in [0.4, 0.5) is 14.5 Å². The molecule has 1 saturated heterocycles. The Hall–Kier alpha value is -2.61. The number of ether oxygens (including phenoxy) is 1. The molecular weight excluding hydrogens is 370 g/mol. The summed E-state index contributed by atoms with van der Waals surface area (Å²) < 4.78 is 33.9. The molecule has 0 spiro atoms. The highest BCUT2D eigenvalue weighted by atomic mass is 35.5. The quantitative estimate of drug-likeness (QED) is 0.827. The monoisotopic (exact) mass is 384 g/mol. The van der Waals surface area contributed by atoms with E-state index in [1.807, 2.05) is 0 Å². The molecule has 138 valence electrons. The molecule has 1 aliphatic rings. The van der Waals surface area contributed by atoms with Gasteiger partial charge in [0, 0.05) is 18.7 Å². The number of halogens is 3. The van der Waals surface area contributed by atoms with Crippen LogP contribution in [0, 0.1) is 5.92 Å². The number of furan rings is 1. The molecule has 3 rings (SSSR count). The third-order valence-corrected chi connectivity index (χ3v) is 4.22. The van der Waals surface area contributed by atoms with Gasteiger partial charge >= 0.3 is 6.61 Å². The van der Waals surface area contributed by atoms with Crippen molar-refractivity contribution in [1.82, 2.24) is 4.90 Å². The van der Waals surface area contributed by atoms with Crippen LogP contribution >= 0.6 is 11.6 Å². The van der Waals surface area contributed by atoms with E-state index in [2.05, 4.69) is 10.1 Å². The van der Waals surface area contributed by atoms with Gasteiger partial charge in [0.25, 0.3) is 0 Å². The molecule has 0 saturated carbocycles. The van der Waals surface area contributed by atoms with Crippen LogP contribution in [0.15, 0.2) is 41.0 Å².